The van der Waals surface area contributed by atoms with Gasteiger partial charge in [0.1, 0.15) is 12.4 Å². The van der Waals surface area contributed by atoms with Gasteiger partial charge in [-0.3, -0.25) is 0 Å². The van der Waals surface area contributed by atoms with Gasteiger partial charge in [0.05, 0.1) is 5.56 Å². The molecule has 0 aliphatic rings. The van der Waals surface area contributed by atoms with Crippen LogP contribution in [-0.4, -0.2) is 6.26 Å². The van der Waals surface area contributed by atoms with Gasteiger partial charge in [0, 0.05) is 4.90 Å². The van der Waals surface area contributed by atoms with Crippen LogP contribution in [0.1, 0.15) is 11.1 Å². The van der Waals surface area contributed by atoms with Crippen molar-refractivity contribution in [3.63, 3.8) is 0 Å². The number of thioether (sulfide) groups is 1. The fourth-order valence-electron chi connectivity index (χ4n) is 1.69. The average Bonchev–Trinajstić information content (AvgIpc) is 2.45. The third-order valence-electron chi connectivity index (χ3n) is 2.70. The van der Waals surface area contributed by atoms with E-state index < -0.39 is 11.7 Å². The second-order valence-electron chi connectivity index (χ2n) is 4.17. The first kappa shape index (κ1) is 14.8. The molecule has 0 spiro atoms. The number of benzene rings is 2. The maximum Gasteiger partial charge on any atom is 0.416 e. The summed E-state index contributed by atoms with van der Waals surface area (Å²) in [5.41, 5.74) is 0.224. The zero-order valence-corrected chi connectivity index (χ0v) is 11.6. The maximum atomic E-state index is 12.6. The zero-order chi connectivity index (χ0) is 14.6. The summed E-state index contributed by atoms with van der Waals surface area (Å²) in [6.45, 7) is 0.246. The summed E-state index contributed by atoms with van der Waals surface area (Å²) in [6, 6.07) is 12.6. The van der Waals surface area contributed by atoms with Crippen LogP contribution in [0.5, 0.6) is 5.75 Å². The van der Waals surface area contributed by atoms with Crippen LogP contribution in [0, 0.1) is 0 Å². The van der Waals surface area contributed by atoms with E-state index >= 15 is 0 Å². The van der Waals surface area contributed by atoms with Crippen LogP contribution >= 0.6 is 11.8 Å². The topological polar surface area (TPSA) is 9.23 Å². The molecule has 0 aliphatic heterocycles. The Morgan fingerprint density at radius 1 is 1.05 bits per heavy atom. The van der Waals surface area contributed by atoms with Gasteiger partial charge in [0.25, 0.3) is 0 Å². The fourth-order valence-corrected chi connectivity index (χ4v) is 2.17. The lowest BCUT2D eigenvalue weighted by Gasteiger charge is -2.10. The number of hydrogen-bond acceptors (Lipinski definition) is 2. The van der Waals surface area contributed by atoms with Crippen molar-refractivity contribution < 1.29 is 17.9 Å². The summed E-state index contributed by atoms with van der Waals surface area (Å²) >= 11 is 1.61. The molecule has 0 bridgehead atoms. The van der Waals surface area contributed by atoms with Gasteiger partial charge in [-0.2, -0.15) is 13.2 Å². The number of rotatable bonds is 4. The van der Waals surface area contributed by atoms with Crippen LogP contribution in [0.3, 0.4) is 0 Å². The summed E-state index contributed by atoms with van der Waals surface area (Å²) in [5.74, 6) is 0.217. The molecule has 2 rings (SSSR count). The predicted molar refractivity (Wildman–Crippen MR) is 74.0 cm³/mol. The lowest BCUT2D eigenvalue weighted by atomic mass is 10.2. The minimum absolute atomic E-state index is 0.217. The minimum atomic E-state index is -4.35. The number of ether oxygens (including phenoxy) is 1. The lowest BCUT2D eigenvalue weighted by Crippen LogP contribution is -2.05. The molecule has 2 aromatic rings. The quantitative estimate of drug-likeness (QED) is 0.734. The van der Waals surface area contributed by atoms with Crippen molar-refractivity contribution in [3.8, 4) is 5.75 Å². The van der Waals surface area contributed by atoms with Gasteiger partial charge in [-0.1, -0.05) is 18.2 Å². The van der Waals surface area contributed by atoms with E-state index in [1.165, 1.54) is 12.1 Å². The van der Waals surface area contributed by atoms with Gasteiger partial charge in [-0.05, 0) is 42.2 Å². The van der Waals surface area contributed by atoms with Crippen molar-refractivity contribution in [2.24, 2.45) is 0 Å². The van der Waals surface area contributed by atoms with Crippen LogP contribution in [0.25, 0.3) is 0 Å². The highest BCUT2D eigenvalue weighted by atomic mass is 32.2. The second-order valence-corrected chi connectivity index (χ2v) is 5.05. The molecule has 0 amide bonds. The first-order chi connectivity index (χ1) is 9.49. The summed E-state index contributed by atoms with van der Waals surface area (Å²) < 4.78 is 43.1. The smallest absolute Gasteiger partial charge is 0.416 e. The number of halogens is 3. The SMILES string of the molecule is CSc1cccc(COc2cccc(C(F)(F)F)c2)c1. The van der Waals surface area contributed by atoms with Gasteiger partial charge in [0.15, 0.2) is 0 Å². The summed E-state index contributed by atoms with van der Waals surface area (Å²) in [6.07, 6.45) is -2.38. The van der Waals surface area contributed by atoms with Crippen LogP contribution in [0.4, 0.5) is 13.2 Å². The molecule has 0 saturated heterocycles. The molecule has 0 heterocycles. The fraction of sp³-hybridized carbons (Fsp3) is 0.200. The standard InChI is InChI=1S/C15H13F3OS/c1-20-14-7-2-4-11(8-14)10-19-13-6-3-5-12(9-13)15(16,17)18/h2-9H,10H2,1H3. The van der Waals surface area contributed by atoms with Crippen molar-refractivity contribution >= 4 is 11.8 Å². The Labute approximate surface area is 119 Å². The van der Waals surface area contributed by atoms with Gasteiger partial charge in [0.2, 0.25) is 0 Å². The molecule has 0 atom stereocenters. The second kappa shape index (κ2) is 6.22. The van der Waals surface area contributed by atoms with Crippen LogP contribution in [0.2, 0.25) is 0 Å². The third-order valence-corrected chi connectivity index (χ3v) is 3.43. The van der Waals surface area contributed by atoms with Crippen molar-refractivity contribution in [1.29, 1.82) is 0 Å². The first-order valence-corrected chi connectivity index (χ1v) is 7.14. The maximum absolute atomic E-state index is 12.6. The van der Waals surface area contributed by atoms with Crippen LogP contribution in [-0.2, 0) is 12.8 Å². The Balaban J connectivity index is 2.07. The third kappa shape index (κ3) is 3.93. The largest absolute Gasteiger partial charge is 0.489 e. The molecule has 1 nitrogen and oxygen atoms in total. The van der Waals surface area contributed by atoms with Gasteiger partial charge >= 0.3 is 6.18 Å². The Morgan fingerprint density at radius 2 is 1.80 bits per heavy atom. The van der Waals surface area contributed by atoms with E-state index in [1.54, 1.807) is 11.8 Å². The van der Waals surface area contributed by atoms with E-state index in [2.05, 4.69) is 0 Å². The van der Waals surface area contributed by atoms with E-state index in [0.29, 0.717) is 0 Å². The molecule has 0 unspecified atom stereocenters. The highest BCUT2D eigenvalue weighted by molar-refractivity contribution is 7.98. The van der Waals surface area contributed by atoms with E-state index in [4.69, 9.17) is 4.74 Å². The van der Waals surface area contributed by atoms with Crippen molar-refractivity contribution in [1.82, 2.24) is 0 Å². The summed E-state index contributed by atoms with van der Waals surface area (Å²) in [5, 5.41) is 0. The molecular weight excluding hydrogens is 285 g/mol. The molecular formula is C15H13F3OS. The highest BCUT2D eigenvalue weighted by Crippen LogP contribution is 2.31. The van der Waals surface area contributed by atoms with Gasteiger partial charge in [-0.15, -0.1) is 11.8 Å². The van der Waals surface area contributed by atoms with Crippen LogP contribution < -0.4 is 4.74 Å². The van der Waals surface area contributed by atoms with E-state index in [1.807, 2.05) is 30.5 Å². The average molecular weight is 298 g/mol. The Hall–Kier alpha value is -1.62. The summed E-state index contributed by atoms with van der Waals surface area (Å²) in [7, 11) is 0. The molecule has 5 heteroatoms. The van der Waals surface area contributed by atoms with Crippen molar-refractivity contribution in [2.75, 3.05) is 6.26 Å². The molecule has 0 fully saturated rings. The first-order valence-electron chi connectivity index (χ1n) is 5.92. The zero-order valence-electron chi connectivity index (χ0n) is 10.8. The molecule has 0 aliphatic carbocycles. The van der Waals surface area contributed by atoms with Crippen molar-refractivity contribution in [3.05, 3.63) is 59.7 Å². The molecule has 20 heavy (non-hydrogen) atoms. The highest BCUT2D eigenvalue weighted by Gasteiger charge is 2.30. The summed E-state index contributed by atoms with van der Waals surface area (Å²) in [4.78, 5) is 1.09. The molecule has 2 aromatic carbocycles. The van der Waals surface area contributed by atoms with Crippen molar-refractivity contribution in [2.45, 2.75) is 17.7 Å². The molecule has 0 radical (unpaired) electrons. The monoisotopic (exact) mass is 298 g/mol. The predicted octanol–water partition coefficient (Wildman–Crippen LogP) is 5.01. The van der Waals surface area contributed by atoms with E-state index in [9.17, 15) is 13.2 Å². The van der Waals surface area contributed by atoms with Crippen LogP contribution in [0.15, 0.2) is 53.4 Å². The normalized spacial score (nSPS) is 11.4. The minimum Gasteiger partial charge on any atom is -0.489 e. The Kier molecular flexibility index (Phi) is 4.60. The Morgan fingerprint density at radius 3 is 2.50 bits per heavy atom. The Bertz CT molecular complexity index is 581. The number of alkyl halides is 3. The molecule has 0 aromatic heterocycles. The lowest BCUT2D eigenvalue weighted by molar-refractivity contribution is -0.137. The number of hydrogen-bond donors (Lipinski definition) is 0. The van der Waals surface area contributed by atoms with Gasteiger partial charge in [-0.25, -0.2) is 0 Å². The molecule has 106 valence electrons. The molecule has 0 saturated carbocycles. The van der Waals surface area contributed by atoms with E-state index in [0.717, 1.165) is 22.6 Å². The van der Waals surface area contributed by atoms with Gasteiger partial charge < -0.3 is 4.74 Å². The van der Waals surface area contributed by atoms with E-state index in [-0.39, 0.29) is 12.4 Å². The molecule has 0 N–H and O–H groups in total.